The van der Waals surface area contributed by atoms with Crippen molar-refractivity contribution in [1.29, 1.82) is 0 Å². The molecule has 2 saturated heterocycles. The van der Waals surface area contributed by atoms with Crippen LogP contribution < -0.4 is 4.74 Å². The molecule has 4 aliphatic rings. The standard InChI is InChI=1S/C25H25BrCl2N2O6/c1-3-9-29-20(32)13-8-7-12-15(17(13)21(29)33)10-24(27)22(34)30(11-26)23(35)25(24,28)18(12)14-5-4-6-16(36-2)19(14)31/h4-7,13,15,17-18,31H,3,8-11H2,1-2H3. The molecule has 2 heterocycles. The minimum atomic E-state index is -1.97. The number of allylic oxidation sites excluding steroid dienone is 2. The number of halogens is 3. The van der Waals surface area contributed by atoms with Crippen LogP contribution in [-0.4, -0.2) is 67.4 Å². The lowest BCUT2D eigenvalue weighted by Gasteiger charge is -2.50. The van der Waals surface area contributed by atoms with Crippen molar-refractivity contribution in [3.8, 4) is 11.5 Å². The number of rotatable bonds is 5. The highest BCUT2D eigenvalue weighted by Gasteiger charge is 2.76. The zero-order valence-corrected chi connectivity index (χ0v) is 22.8. The van der Waals surface area contributed by atoms with Crippen LogP contribution in [0.5, 0.6) is 11.5 Å². The summed E-state index contributed by atoms with van der Waals surface area (Å²) in [5.41, 5.74) is 0.786. The minimum Gasteiger partial charge on any atom is -0.504 e. The summed E-state index contributed by atoms with van der Waals surface area (Å²) in [7, 11) is 1.40. The largest absolute Gasteiger partial charge is 0.504 e. The summed E-state index contributed by atoms with van der Waals surface area (Å²) < 4.78 is 5.29. The van der Waals surface area contributed by atoms with Crippen molar-refractivity contribution in [2.24, 2.45) is 17.8 Å². The fourth-order valence-electron chi connectivity index (χ4n) is 6.54. The number of methoxy groups -OCH3 is 1. The predicted molar refractivity (Wildman–Crippen MR) is 135 cm³/mol. The highest BCUT2D eigenvalue weighted by molar-refractivity contribution is 9.09. The number of benzene rings is 1. The summed E-state index contributed by atoms with van der Waals surface area (Å²) in [5, 5.41) is 11.1. The monoisotopic (exact) mass is 598 g/mol. The molecule has 0 aromatic heterocycles. The highest BCUT2D eigenvalue weighted by Crippen LogP contribution is 2.66. The third-order valence-electron chi connectivity index (χ3n) is 8.11. The van der Waals surface area contributed by atoms with Gasteiger partial charge in [-0.1, -0.05) is 46.6 Å². The van der Waals surface area contributed by atoms with Crippen molar-refractivity contribution in [2.45, 2.75) is 41.9 Å². The van der Waals surface area contributed by atoms with E-state index >= 15 is 0 Å². The first-order chi connectivity index (χ1) is 17.1. The number of phenolic OH excluding ortho intramolecular Hbond substituents is 1. The van der Waals surface area contributed by atoms with Gasteiger partial charge >= 0.3 is 0 Å². The molecule has 6 atom stereocenters. The zero-order chi connectivity index (χ0) is 26.2. The number of amides is 4. The Morgan fingerprint density at radius 1 is 1.11 bits per heavy atom. The molecule has 0 radical (unpaired) electrons. The maximum atomic E-state index is 13.7. The van der Waals surface area contributed by atoms with E-state index in [0.29, 0.717) is 18.5 Å². The quantitative estimate of drug-likeness (QED) is 0.240. The van der Waals surface area contributed by atoms with Crippen LogP contribution in [-0.2, 0) is 19.2 Å². The molecule has 2 aliphatic carbocycles. The van der Waals surface area contributed by atoms with E-state index in [1.807, 2.05) is 13.0 Å². The van der Waals surface area contributed by atoms with Crippen molar-refractivity contribution < 1.29 is 29.0 Å². The second-order valence-corrected chi connectivity index (χ2v) is 11.5. The van der Waals surface area contributed by atoms with Crippen molar-refractivity contribution >= 4 is 62.8 Å². The normalized spacial score (nSPS) is 35.5. The SMILES string of the molecule is CCCN1C(=O)C2CC=C3C(CC4(Cl)C(=O)N(CBr)C(=O)C4(Cl)C3c3cccc(OC)c3O)C2C1=O. The summed E-state index contributed by atoms with van der Waals surface area (Å²) in [6.45, 7) is 2.20. The fraction of sp³-hybridized carbons (Fsp3) is 0.520. The Hall–Kier alpha value is -2.10. The number of aromatic hydroxyl groups is 1. The summed E-state index contributed by atoms with van der Waals surface area (Å²) in [5.74, 6) is -4.89. The summed E-state index contributed by atoms with van der Waals surface area (Å²) in [4.78, 5) is 52.3. The number of para-hydroxylation sites is 1. The van der Waals surface area contributed by atoms with Gasteiger partial charge in [-0.15, -0.1) is 23.2 Å². The van der Waals surface area contributed by atoms with Crippen LogP contribution in [0.3, 0.4) is 0 Å². The molecular formula is C25H25BrCl2N2O6. The first-order valence-electron chi connectivity index (χ1n) is 11.8. The maximum Gasteiger partial charge on any atom is 0.254 e. The first kappa shape index (κ1) is 25.5. The summed E-state index contributed by atoms with van der Waals surface area (Å²) in [6.07, 6.45) is 2.67. The van der Waals surface area contributed by atoms with Crippen molar-refractivity contribution in [3.63, 3.8) is 0 Å². The second kappa shape index (κ2) is 8.74. The number of alkyl halides is 3. The Morgan fingerprint density at radius 3 is 2.47 bits per heavy atom. The Balaban J connectivity index is 1.74. The molecule has 1 aromatic rings. The summed E-state index contributed by atoms with van der Waals surface area (Å²) >= 11 is 17.5. The van der Waals surface area contributed by atoms with Crippen LogP contribution >= 0.6 is 39.1 Å². The maximum absolute atomic E-state index is 13.7. The molecule has 6 unspecified atom stereocenters. The molecule has 0 bridgehead atoms. The number of ether oxygens (including phenoxy) is 1. The van der Waals surface area contributed by atoms with Gasteiger partial charge in [-0.2, -0.15) is 0 Å². The van der Waals surface area contributed by atoms with E-state index < -0.39 is 45.2 Å². The van der Waals surface area contributed by atoms with E-state index in [1.54, 1.807) is 18.2 Å². The third-order valence-corrected chi connectivity index (χ3v) is 10.0. The number of phenols is 1. The van der Waals surface area contributed by atoms with Gasteiger partial charge in [0.05, 0.1) is 24.4 Å². The van der Waals surface area contributed by atoms with E-state index in [0.717, 1.165) is 4.90 Å². The van der Waals surface area contributed by atoms with Gasteiger partial charge in [-0.25, -0.2) is 0 Å². The van der Waals surface area contributed by atoms with E-state index in [2.05, 4.69) is 15.9 Å². The van der Waals surface area contributed by atoms with Crippen LogP contribution in [0.1, 0.15) is 37.7 Å². The topological polar surface area (TPSA) is 104 Å². The second-order valence-electron chi connectivity index (χ2n) is 9.71. The molecule has 1 saturated carbocycles. The number of carbonyl (C=O) groups excluding carboxylic acids is 4. The van der Waals surface area contributed by atoms with Gasteiger partial charge in [0.15, 0.2) is 21.2 Å². The zero-order valence-electron chi connectivity index (χ0n) is 19.7. The number of carbonyl (C=O) groups is 4. The van der Waals surface area contributed by atoms with Crippen LogP contribution in [0, 0.1) is 17.8 Å². The van der Waals surface area contributed by atoms with Gasteiger partial charge in [0, 0.05) is 18.0 Å². The van der Waals surface area contributed by atoms with Crippen LogP contribution in [0.4, 0.5) is 0 Å². The van der Waals surface area contributed by atoms with Gasteiger partial charge in [0.2, 0.25) is 11.8 Å². The van der Waals surface area contributed by atoms with Crippen LogP contribution in [0.2, 0.25) is 0 Å². The predicted octanol–water partition coefficient (Wildman–Crippen LogP) is 3.52. The van der Waals surface area contributed by atoms with Gasteiger partial charge < -0.3 is 9.84 Å². The van der Waals surface area contributed by atoms with Gasteiger partial charge in [0.25, 0.3) is 11.8 Å². The lowest BCUT2D eigenvalue weighted by Crippen LogP contribution is -2.60. The number of imide groups is 2. The molecule has 36 heavy (non-hydrogen) atoms. The molecule has 11 heteroatoms. The van der Waals surface area contributed by atoms with Crippen molar-refractivity contribution in [2.75, 3.05) is 19.1 Å². The van der Waals surface area contributed by atoms with Crippen molar-refractivity contribution in [3.05, 3.63) is 35.4 Å². The lowest BCUT2D eigenvalue weighted by molar-refractivity contribution is -0.141. The average molecular weight is 600 g/mol. The molecular weight excluding hydrogens is 575 g/mol. The number of hydrogen-bond acceptors (Lipinski definition) is 6. The van der Waals surface area contributed by atoms with Gasteiger partial charge in [-0.3, -0.25) is 29.0 Å². The Kier molecular flexibility index (Phi) is 6.20. The van der Waals surface area contributed by atoms with Crippen molar-refractivity contribution in [1.82, 2.24) is 9.80 Å². The lowest BCUT2D eigenvalue weighted by atomic mass is 9.56. The molecule has 5 rings (SSSR count). The molecule has 4 amide bonds. The van der Waals surface area contributed by atoms with E-state index in [9.17, 15) is 24.3 Å². The Labute approximate surface area is 226 Å². The van der Waals surface area contributed by atoms with Gasteiger partial charge in [0.1, 0.15) is 0 Å². The molecule has 8 nitrogen and oxygen atoms in total. The Bertz CT molecular complexity index is 1220. The van der Waals surface area contributed by atoms with Gasteiger partial charge in [-0.05, 0) is 31.2 Å². The number of likely N-dealkylation sites (tertiary alicyclic amines) is 2. The molecule has 1 aromatic carbocycles. The van der Waals surface area contributed by atoms with Crippen LogP contribution in [0.25, 0.3) is 0 Å². The number of hydrogen-bond donors (Lipinski definition) is 1. The molecule has 1 N–H and O–H groups in total. The summed E-state index contributed by atoms with van der Waals surface area (Å²) in [6, 6.07) is 4.82. The fourth-order valence-corrected chi connectivity index (χ4v) is 7.96. The van der Waals surface area contributed by atoms with E-state index in [1.165, 1.54) is 12.0 Å². The Morgan fingerprint density at radius 2 is 1.83 bits per heavy atom. The number of nitrogens with zero attached hydrogens (tertiary/aromatic N) is 2. The smallest absolute Gasteiger partial charge is 0.254 e. The molecule has 192 valence electrons. The molecule has 3 fully saturated rings. The highest BCUT2D eigenvalue weighted by atomic mass is 79.9. The molecule has 2 aliphatic heterocycles. The minimum absolute atomic E-state index is 0.0840. The van der Waals surface area contributed by atoms with Crippen LogP contribution in [0.15, 0.2) is 29.8 Å². The van der Waals surface area contributed by atoms with E-state index in [-0.39, 0.29) is 47.2 Å². The van der Waals surface area contributed by atoms with E-state index in [4.69, 9.17) is 27.9 Å². The average Bonchev–Trinajstić information content (AvgIpc) is 3.18. The third kappa shape index (κ3) is 3.05. The number of fused-ring (bicyclic) bond motifs is 4. The first-order valence-corrected chi connectivity index (χ1v) is 13.7. The molecule has 0 spiro atoms.